The van der Waals surface area contributed by atoms with Gasteiger partial charge in [0.1, 0.15) is 6.29 Å². The number of alkyl halides is 3. The Labute approximate surface area is 151 Å². The van der Waals surface area contributed by atoms with Crippen LogP contribution in [0.5, 0.6) is 0 Å². The molecule has 2 aliphatic rings. The fourth-order valence-electron chi connectivity index (χ4n) is 3.31. The highest BCUT2D eigenvalue weighted by Crippen LogP contribution is 2.30. The van der Waals surface area contributed by atoms with E-state index in [0.717, 1.165) is 44.2 Å². The van der Waals surface area contributed by atoms with Crippen LogP contribution in [0.4, 0.5) is 13.2 Å². The maximum atomic E-state index is 12.8. The molecule has 138 valence electrons. The van der Waals surface area contributed by atoms with Crippen LogP contribution in [0, 0.1) is 5.92 Å². The molecule has 1 heterocycles. The molecule has 1 aliphatic heterocycles. The first-order valence-electron chi connectivity index (χ1n) is 8.61. The summed E-state index contributed by atoms with van der Waals surface area (Å²) in [5.41, 5.74) is 1.03. The van der Waals surface area contributed by atoms with Crippen LogP contribution >= 0.6 is 0 Å². The summed E-state index contributed by atoms with van der Waals surface area (Å²) in [5.74, 6) is -0.250. The Balaban J connectivity index is 1.61. The number of carbonyl (C=O) groups is 1. The lowest BCUT2D eigenvalue weighted by Gasteiger charge is -2.38. The molecule has 6 heteroatoms. The average molecular weight is 362 g/mol. The molecule has 1 atom stereocenters. The first-order valence-corrected chi connectivity index (χ1v) is 8.61. The maximum Gasteiger partial charge on any atom is 0.416 e. The third-order valence-electron chi connectivity index (χ3n) is 4.69. The molecule has 3 nitrogen and oxygen atoms in total. The predicted molar refractivity (Wildman–Crippen MR) is 94.2 cm³/mol. The zero-order chi connectivity index (χ0) is 18.6. The minimum absolute atomic E-state index is 0.250. The molecule has 3 rings (SSSR count). The number of allylic oxidation sites excluding steroid dienone is 5. The number of hydrogen-bond donors (Lipinski definition) is 0. The van der Waals surface area contributed by atoms with E-state index in [1.165, 1.54) is 12.1 Å². The Hall–Kier alpha value is -2.34. The molecule has 1 saturated heterocycles. The van der Waals surface area contributed by atoms with Gasteiger partial charge in [-0.2, -0.15) is 13.2 Å². The summed E-state index contributed by atoms with van der Waals surface area (Å²) in [6.45, 7) is 3.47. The summed E-state index contributed by atoms with van der Waals surface area (Å²) in [4.78, 5) is 15.7. The Bertz CT molecular complexity index is 729. The summed E-state index contributed by atoms with van der Waals surface area (Å²) in [7, 11) is 0. The van der Waals surface area contributed by atoms with Crippen molar-refractivity contribution in [3.63, 3.8) is 0 Å². The van der Waals surface area contributed by atoms with Crippen molar-refractivity contribution in [2.24, 2.45) is 5.92 Å². The van der Waals surface area contributed by atoms with Gasteiger partial charge in [-0.3, -0.25) is 4.90 Å². The van der Waals surface area contributed by atoms with Crippen LogP contribution in [0.2, 0.25) is 0 Å². The standard InChI is InChI=1S/C20H21F3N2O/c21-20(22,23)18-7-4-5-16(13-18)14-24-9-11-25(12-10-24)19-8-3-1-2-6-17(19)15-26/h1-8,13,15,17H,9-12,14H2. The summed E-state index contributed by atoms with van der Waals surface area (Å²) < 4.78 is 38.5. The molecule has 0 amide bonds. The van der Waals surface area contributed by atoms with E-state index in [4.69, 9.17) is 0 Å². The van der Waals surface area contributed by atoms with Crippen LogP contribution in [0.15, 0.2) is 60.3 Å². The minimum atomic E-state index is -4.31. The van der Waals surface area contributed by atoms with Gasteiger partial charge in [0.15, 0.2) is 0 Å². The van der Waals surface area contributed by atoms with Crippen molar-refractivity contribution in [1.29, 1.82) is 0 Å². The highest BCUT2D eigenvalue weighted by molar-refractivity contribution is 5.62. The Kier molecular flexibility index (Phi) is 5.61. The Morgan fingerprint density at radius 1 is 1.08 bits per heavy atom. The molecule has 1 aromatic rings. The molecule has 26 heavy (non-hydrogen) atoms. The molecule has 0 bridgehead atoms. The van der Waals surface area contributed by atoms with Crippen molar-refractivity contribution in [1.82, 2.24) is 9.80 Å². The normalized spacial score (nSPS) is 21.4. The second-order valence-electron chi connectivity index (χ2n) is 6.48. The van der Waals surface area contributed by atoms with Crippen molar-refractivity contribution in [2.75, 3.05) is 26.2 Å². The highest BCUT2D eigenvalue weighted by atomic mass is 19.4. The van der Waals surface area contributed by atoms with Crippen LogP contribution in [0.25, 0.3) is 0 Å². The summed E-state index contributed by atoms with van der Waals surface area (Å²) >= 11 is 0. The summed E-state index contributed by atoms with van der Waals surface area (Å²) in [5, 5.41) is 0. The Morgan fingerprint density at radius 2 is 1.85 bits per heavy atom. The Morgan fingerprint density at radius 3 is 2.54 bits per heavy atom. The number of nitrogens with zero attached hydrogens (tertiary/aromatic N) is 2. The van der Waals surface area contributed by atoms with Crippen LogP contribution in [0.1, 0.15) is 11.1 Å². The summed E-state index contributed by atoms with van der Waals surface area (Å²) in [6, 6.07) is 5.50. The smallest absolute Gasteiger partial charge is 0.371 e. The third kappa shape index (κ3) is 4.43. The van der Waals surface area contributed by atoms with E-state index >= 15 is 0 Å². The molecule has 0 aromatic heterocycles. The van der Waals surface area contributed by atoms with Crippen LogP contribution in [-0.2, 0) is 17.5 Å². The number of carbonyl (C=O) groups excluding carboxylic acids is 1. The monoisotopic (exact) mass is 362 g/mol. The van der Waals surface area contributed by atoms with Gasteiger partial charge in [-0.25, -0.2) is 0 Å². The van der Waals surface area contributed by atoms with Gasteiger partial charge in [0.2, 0.25) is 0 Å². The quantitative estimate of drug-likeness (QED) is 0.764. The molecule has 1 aliphatic carbocycles. The van der Waals surface area contributed by atoms with Gasteiger partial charge >= 0.3 is 6.18 Å². The average Bonchev–Trinajstić information content (AvgIpc) is 2.87. The number of piperazine rings is 1. The topological polar surface area (TPSA) is 23.6 Å². The number of halogens is 3. The number of hydrogen-bond acceptors (Lipinski definition) is 3. The third-order valence-corrected chi connectivity index (χ3v) is 4.69. The first-order chi connectivity index (χ1) is 12.5. The van der Waals surface area contributed by atoms with E-state index in [2.05, 4.69) is 9.80 Å². The zero-order valence-electron chi connectivity index (χ0n) is 14.3. The maximum absolute atomic E-state index is 12.8. The lowest BCUT2D eigenvalue weighted by atomic mass is 10.0. The van der Waals surface area contributed by atoms with Gasteiger partial charge in [0.25, 0.3) is 0 Å². The van der Waals surface area contributed by atoms with Gasteiger partial charge in [-0.15, -0.1) is 0 Å². The minimum Gasteiger partial charge on any atom is -0.371 e. The molecule has 0 saturated carbocycles. The lowest BCUT2D eigenvalue weighted by molar-refractivity contribution is -0.137. The molecular formula is C20H21F3N2O. The van der Waals surface area contributed by atoms with Crippen molar-refractivity contribution in [3.8, 4) is 0 Å². The number of benzene rings is 1. The molecular weight excluding hydrogens is 341 g/mol. The lowest BCUT2D eigenvalue weighted by Crippen LogP contribution is -2.46. The molecule has 0 spiro atoms. The van der Waals surface area contributed by atoms with Crippen molar-refractivity contribution in [3.05, 3.63) is 71.5 Å². The van der Waals surface area contributed by atoms with E-state index in [1.54, 1.807) is 6.07 Å². The second kappa shape index (κ2) is 7.91. The molecule has 1 unspecified atom stereocenters. The molecule has 1 fully saturated rings. The summed E-state index contributed by atoms with van der Waals surface area (Å²) in [6.07, 6.45) is 6.14. The van der Waals surface area contributed by atoms with Gasteiger partial charge < -0.3 is 9.69 Å². The predicted octanol–water partition coefficient (Wildman–Crippen LogP) is 3.65. The second-order valence-corrected chi connectivity index (χ2v) is 6.48. The van der Waals surface area contributed by atoms with Gasteiger partial charge in [-0.1, -0.05) is 42.5 Å². The van der Waals surface area contributed by atoms with Crippen LogP contribution in [-0.4, -0.2) is 42.3 Å². The highest BCUT2D eigenvalue weighted by Gasteiger charge is 2.30. The van der Waals surface area contributed by atoms with E-state index in [9.17, 15) is 18.0 Å². The van der Waals surface area contributed by atoms with E-state index < -0.39 is 11.7 Å². The van der Waals surface area contributed by atoms with E-state index in [-0.39, 0.29) is 5.92 Å². The van der Waals surface area contributed by atoms with Gasteiger partial charge in [0.05, 0.1) is 11.5 Å². The van der Waals surface area contributed by atoms with Crippen LogP contribution in [0.3, 0.4) is 0 Å². The fraction of sp³-hybridized carbons (Fsp3) is 0.350. The van der Waals surface area contributed by atoms with E-state index in [1.807, 2.05) is 30.4 Å². The SMILES string of the molecule is O=CC1C=CC=CC=C1N1CCN(Cc2cccc(C(F)(F)F)c2)CC1. The largest absolute Gasteiger partial charge is 0.416 e. The first kappa shape index (κ1) is 18.5. The number of aldehydes is 1. The van der Waals surface area contributed by atoms with Crippen molar-refractivity contribution in [2.45, 2.75) is 12.7 Å². The number of rotatable bonds is 4. The van der Waals surface area contributed by atoms with Crippen LogP contribution < -0.4 is 0 Å². The fourth-order valence-corrected chi connectivity index (χ4v) is 3.31. The van der Waals surface area contributed by atoms with Crippen molar-refractivity contribution < 1.29 is 18.0 Å². The van der Waals surface area contributed by atoms with E-state index in [0.29, 0.717) is 12.1 Å². The molecule has 0 N–H and O–H groups in total. The molecule has 1 aromatic carbocycles. The van der Waals surface area contributed by atoms with Crippen molar-refractivity contribution >= 4 is 6.29 Å². The van der Waals surface area contributed by atoms with Gasteiger partial charge in [0, 0.05) is 38.4 Å². The molecule has 0 radical (unpaired) electrons. The zero-order valence-corrected chi connectivity index (χ0v) is 14.3. The van der Waals surface area contributed by atoms with Gasteiger partial charge in [-0.05, 0) is 17.7 Å².